The van der Waals surface area contributed by atoms with E-state index in [-0.39, 0.29) is 0 Å². The fourth-order valence-corrected chi connectivity index (χ4v) is 8.78. The minimum atomic E-state index is -0.485. The highest BCUT2D eigenvalue weighted by molar-refractivity contribution is 6.00. The Morgan fingerprint density at radius 1 is 0.315 bits per heavy atom. The molecule has 1 aliphatic carbocycles. The molecule has 1 nitrogen and oxygen atoms in total. The van der Waals surface area contributed by atoms with E-state index in [4.69, 9.17) is 0 Å². The second-order valence-corrected chi connectivity index (χ2v) is 14.1. The van der Waals surface area contributed by atoms with E-state index in [9.17, 15) is 0 Å². The molecule has 0 spiro atoms. The molecule has 0 radical (unpaired) electrons. The standard InChI is InChI=1S/C53H37N/c1-5-18-38(19-6-1)40-34-32-39-33-35-41(37-42(39)36-40)46-26-14-16-30-50(46)54(45-24-11-4-12-25-45)51-31-17-29-49-52(51)47-27-13-15-28-48(47)53(49,43-20-7-2-8-21-43)44-22-9-3-10-23-44/h1-37H. The summed E-state index contributed by atoms with van der Waals surface area (Å²) in [6, 6.07) is 82.0. The molecule has 0 saturated carbocycles. The number of nitrogens with zero attached hydrogens (tertiary/aromatic N) is 1. The van der Waals surface area contributed by atoms with Crippen LogP contribution in [0.1, 0.15) is 22.3 Å². The molecule has 0 heterocycles. The van der Waals surface area contributed by atoms with E-state index >= 15 is 0 Å². The first kappa shape index (κ1) is 31.7. The Kier molecular flexibility index (Phi) is 7.78. The van der Waals surface area contributed by atoms with Crippen molar-refractivity contribution >= 4 is 27.8 Å². The van der Waals surface area contributed by atoms with E-state index in [2.05, 4.69) is 229 Å². The van der Waals surface area contributed by atoms with Gasteiger partial charge >= 0.3 is 0 Å². The Morgan fingerprint density at radius 3 is 1.54 bits per heavy atom. The maximum absolute atomic E-state index is 2.47. The third-order valence-electron chi connectivity index (χ3n) is 11.1. The summed E-state index contributed by atoms with van der Waals surface area (Å²) >= 11 is 0. The van der Waals surface area contributed by atoms with Crippen molar-refractivity contribution in [3.05, 3.63) is 247 Å². The first-order chi connectivity index (χ1) is 26.8. The average molecular weight is 688 g/mol. The van der Waals surface area contributed by atoms with E-state index in [1.54, 1.807) is 0 Å². The van der Waals surface area contributed by atoms with Crippen molar-refractivity contribution in [1.82, 2.24) is 0 Å². The largest absolute Gasteiger partial charge is 0.309 e. The van der Waals surface area contributed by atoms with Crippen LogP contribution in [-0.4, -0.2) is 0 Å². The molecule has 1 aliphatic rings. The summed E-state index contributed by atoms with van der Waals surface area (Å²) in [6.45, 7) is 0. The van der Waals surface area contributed by atoms with Crippen molar-refractivity contribution in [2.24, 2.45) is 0 Å². The molecule has 0 saturated heterocycles. The topological polar surface area (TPSA) is 3.24 Å². The van der Waals surface area contributed by atoms with Gasteiger partial charge in [0.1, 0.15) is 0 Å². The van der Waals surface area contributed by atoms with Crippen molar-refractivity contribution in [1.29, 1.82) is 0 Å². The smallest absolute Gasteiger partial charge is 0.0714 e. The predicted octanol–water partition coefficient (Wildman–Crippen LogP) is 14.0. The van der Waals surface area contributed by atoms with Crippen molar-refractivity contribution < 1.29 is 0 Å². The third kappa shape index (κ3) is 5.09. The lowest BCUT2D eigenvalue weighted by molar-refractivity contribution is 0.768. The lowest BCUT2D eigenvalue weighted by Gasteiger charge is -2.34. The van der Waals surface area contributed by atoms with Crippen LogP contribution in [0.15, 0.2) is 224 Å². The number of fused-ring (bicyclic) bond motifs is 4. The Bertz CT molecular complexity index is 2710. The molecular formula is C53H37N. The summed E-state index contributed by atoms with van der Waals surface area (Å²) in [5, 5.41) is 2.45. The van der Waals surface area contributed by atoms with Crippen molar-refractivity contribution in [3.63, 3.8) is 0 Å². The van der Waals surface area contributed by atoms with Gasteiger partial charge in [0.05, 0.1) is 16.8 Å². The van der Waals surface area contributed by atoms with Crippen LogP contribution in [0.4, 0.5) is 17.1 Å². The van der Waals surface area contributed by atoms with Gasteiger partial charge in [-0.15, -0.1) is 0 Å². The molecule has 254 valence electrons. The molecule has 0 N–H and O–H groups in total. The zero-order valence-electron chi connectivity index (χ0n) is 29.8. The molecule has 9 aromatic carbocycles. The summed E-state index contributed by atoms with van der Waals surface area (Å²) in [5.74, 6) is 0. The number of para-hydroxylation sites is 2. The molecule has 0 aliphatic heterocycles. The van der Waals surface area contributed by atoms with Gasteiger partial charge in [-0.05, 0) is 91.7 Å². The maximum atomic E-state index is 2.47. The Hall–Kier alpha value is -6.96. The Balaban J connectivity index is 1.22. The first-order valence-corrected chi connectivity index (χ1v) is 18.7. The second kappa shape index (κ2) is 13.2. The molecule has 1 heteroatoms. The zero-order valence-corrected chi connectivity index (χ0v) is 29.8. The average Bonchev–Trinajstić information content (AvgIpc) is 3.56. The molecule has 0 unspecified atom stereocenters. The van der Waals surface area contributed by atoms with Crippen LogP contribution in [0.25, 0.3) is 44.2 Å². The minimum absolute atomic E-state index is 0.485. The highest BCUT2D eigenvalue weighted by Gasteiger charge is 2.47. The fraction of sp³-hybridized carbons (Fsp3) is 0.0189. The van der Waals surface area contributed by atoms with E-state index in [1.807, 2.05) is 0 Å². The molecule has 9 aromatic rings. The highest BCUT2D eigenvalue weighted by Crippen LogP contribution is 2.59. The molecule has 0 bridgehead atoms. The molecule has 0 fully saturated rings. The summed E-state index contributed by atoms with van der Waals surface area (Å²) in [4.78, 5) is 2.47. The number of rotatable bonds is 7. The van der Waals surface area contributed by atoms with Crippen LogP contribution in [0.3, 0.4) is 0 Å². The SMILES string of the molecule is c1ccc(-c2ccc3ccc(-c4ccccc4N(c4ccccc4)c4cccc5c4-c4ccccc4C5(c4ccccc4)c4ccccc4)cc3c2)cc1. The van der Waals surface area contributed by atoms with Gasteiger partial charge in [-0.1, -0.05) is 188 Å². The van der Waals surface area contributed by atoms with Crippen LogP contribution in [0, 0.1) is 0 Å². The lowest BCUT2D eigenvalue weighted by Crippen LogP contribution is -2.28. The van der Waals surface area contributed by atoms with Crippen molar-refractivity contribution in [3.8, 4) is 33.4 Å². The van der Waals surface area contributed by atoms with Gasteiger partial charge in [0.2, 0.25) is 0 Å². The fourth-order valence-electron chi connectivity index (χ4n) is 8.78. The highest BCUT2D eigenvalue weighted by atomic mass is 15.1. The maximum Gasteiger partial charge on any atom is 0.0714 e. The Morgan fingerprint density at radius 2 is 0.833 bits per heavy atom. The molecule has 0 atom stereocenters. The summed E-state index contributed by atoms with van der Waals surface area (Å²) in [5.41, 5.74) is 15.3. The van der Waals surface area contributed by atoms with Crippen LogP contribution in [-0.2, 0) is 5.41 Å². The lowest BCUT2D eigenvalue weighted by atomic mass is 9.68. The van der Waals surface area contributed by atoms with E-state index in [1.165, 1.54) is 66.4 Å². The predicted molar refractivity (Wildman–Crippen MR) is 227 cm³/mol. The third-order valence-corrected chi connectivity index (χ3v) is 11.1. The van der Waals surface area contributed by atoms with Gasteiger partial charge in [0, 0.05) is 16.8 Å². The molecular weight excluding hydrogens is 651 g/mol. The number of hydrogen-bond acceptors (Lipinski definition) is 1. The zero-order chi connectivity index (χ0) is 35.9. The molecule has 10 rings (SSSR count). The van der Waals surface area contributed by atoms with Crippen LogP contribution < -0.4 is 4.90 Å². The van der Waals surface area contributed by atoms with E-state index in [0.717, 1.165) is 17.1 Å². The van der Waals surface area contributed by atoms with Crippen molar-refractivity contribution in [2.45, 2.75) is 5.41 Å². The van der Waals surface area contributed by atoms with Gasteiger partial charge in [0.25, 0.3) is 0 Å². The quantitative estimate of drug-likeness (QED) is 0.161. The Labute approximate surface area is 317 Å². The van der Waals surface area contributed by atoms with Gasteiger partial charge in [-0.2, -0.15) is 0 Å². The summed E-state index contributed by atoms with van der Waals surface area (Å²) < 4.78 is 0. The first-order valence-electron chi connectivity index (χ1n) is 18.7. The molecule has 0 aromatic heterocycles. The van der Waals surface area contributed by atoms with Crippen LogP contribution >= 0.6 is 0 Å². The second-order valence-electron chi connectivity index (χ2n) is 14.1. The van der Waals surface area contributed by atoms with Gasteiger partial charge in [0.15, 0.2) is 0 Å². The molecule has 0 amide bonds. The number of hydrogen-bond donors (Lipinski definition) is 0. The van der Waals surface area contributed by atoms with Gasteiger partial charge < -0.3 is 4.90 Å². The van der Waals surface area contributed by atoms with Gasteiger partial charge in [-0.3, -0.25) is 0 Å². The minimum Gasteiger partial charge on any atom is -0.309 e. The number of benzene rings is 9. The van der Waals surface area contributed by atoms with Crippen LogP contribution in [0.5, 0.6) is 0 Å². The van der Waals surface area contributed by atoms with E-state index < -0.39 is 5.41 Å². The number of anilines is 3. The van der Waals surface area contributed by atoms with Crippen LogP contribution in [0.2, 0.25) is 0 Å². The summed E-state index contributed by atoms with van der Waals surface area (Å²) in [6.07, 6.45) is 0. The van der Waals surface area contributed by atoms with Crippen molar-refractivity contribution in [2.75, 3.05) is 4.90 Å². The normalized spacial score (nSPS) is 12.6. The summed E-state index contributed by atoms with van der Waals surface area (Å²) in [7, 11) is 0. The molecule has 54 heavy (non-hydrogen) atoms. The van der Waals surface area contributed by atoms with Gasteiger partial charge in [-0.25, -0.2) is 0 Å². The monoisotopic (exact) mass is 687 g/mol. The van der Waals surface area contributed by atoms with E-state index in [0.29, 0.717) is 0 Å².